The van der Waals surface area contributed by atoms with Gasteiger partial charge in [0.2, 0.25) is 11.8 Å². The molecule has 9 nitrogen and oxygen atoms in total. The Hall–Kier alpha value is -3.92. The van der Waals surface area contributed by atoms with Crippen molar-refractivity contribution in [2.75, 3.05) is 19.6 Å². The molecule has 0 aliphatic carbocycles. The maximum absolute atomic E-state index is 13.8. The number of aryl methyl sites for hydroxylation is 1. The molecule has 2 saturated heterocycles. The average Bonchev–Trinajstić information content (AvgIpc) is 3.04. The zero-order chi connectivity index (χ0) is 31.1. The summed E-state index contributed by atoms with van der Waals surface area (Å²) in [6.45, 7) is 4.61. The van der Waals surface area contributed by atoms with Crippen molar-refractivity contribution in [1.29, 1.82) is 0 Å². The molecule has 45 heavy (non-hydrogen) atoms. The van der Waals surface area contributed by atoms with Crippen molar-refractivity contribution in [3.63, 3.8) is 0 Å². The highest BCUT2D eigenvalue weighted by Gasteiger charge is 2.54. The fourth-order valence-corrected chi connectivity index (χ4v) is 6.17. The first kappa shape index (κ1) is 34.0. The number of piperazine rings is 1. The number of rotatable bonds is 12. The van der Waals surface area contributed by atoms with E-state index in [1.165, 1.54) is 12.1 Å². The molecule has 10 heteroatoms. The van der Waals surface area contributed by atoms with Crippen LogP contribution in [-0.4, -0.2) is 75.1 Å². The van der Waals surface area contributed by atoms with Crippen molar-refractivity contribution < 1.29 is 29.3 Å². The second-order valence-electron chi connectivity index (χ2n) is 11.8. The van der Waals surface area contributed by atoms with E-state index < -0.39 is 23.7 Å². The molecule has 0 bridgehead atoms. The number of piperidine rings is 1. The SMILES string of the molecule is CCCCN1C(=O)[C@@H]([C@H](O)CCc2ccccc2)NC(=O)C12CCN(Cc1ccc(Oc3ccc(C(=O)O)cc3)cc1)CC2.Cl. The number of halogens is 1. The van der Waals surface area contributed by atoms with Crippen molar-refractivity contribution in [2.45, 2.75) is 69.7 Å². The van der Waals surface area contributed by atoms with Crippen LogP contribution in [0.25, 0.3) is 0 Å². The van der Waals surface area contributed by atoms with Gasteiger partial charge >= 0.3 is 5.97 Å². The minimum absolute atomic E-state index is 0. The van der Waals surface area contributed by atoms with E-state index in [9.17, 15) is 19.5 Å². The molecule has 0 radical (unpaired) electrons. The first-order valence-corrected chi connectivity index (χ1v) is 15.5. The minimum Gasteiger partial charge on any atom is -0.478 e. The Kier molecular flexibility index (Phi) is 11.6. The van der Waals surface area contributed by atoms with Crippen LogP contribution >= 0.6 is 12.4 Å². The molecule has 0 unspecified atom stereocenters. The third-order valence-electron chi connectivity index (χ3n) is 8.80. The Morgan fingerprint density at radius 2 is 1.58 bits per heavy atom. The number of carbonyl (C=O) groups is 3. The number of carboxylic acid groups (broad SMARTS) is 1. The van der Waals surface area contributed by atoms with Crippen LogP contribution in [0.3, 0.4) is 0 Å². The van der Waals surface area contributed by atoms with Crippen LogP contribution < -0.4 is 10.1 Å². The molecule has 240 valence electrons. The number of hydrogen-bond donors (Lipinski definition) is 3. The molecule has 2 fully saturated rings. The van der Waals surface area contributed by atoms with Crippen molar-refractivity contribution >= 4 is 30.2 Å². The van der Waals surface area contributed by atoms with Gasteiger partial charge in [-0.2, -0.15) is 0 Å². The first-order chi connectivity index (χ1) is 21.3. The van der Waals surface area contributed by atoms with Crippen LogP contribution in [0.1, 0.15) is 60.5 Å². The largest absolute Gasteiger partial charge is 0.478 e. The van der Waals surface area contributed by atoms with E-state index >= 15 is 0 Å². The van der Waals surface area contributed by atoms with Gasteiger partial charge in [-0.3, -0.25) is 14.5 Å². The maximum Gasteiger partial charge on any atom is 0.335 e. The predicted octanol–water partition coefficient (Wildman–Crippen LogP) is 5.05. The first-order valence-electron chi connectivity index (χ1n) is 15.5. The highest BCUT2D eigenvalue weighted by molar-refractivity contribution is 6.00. The summed E-state index contributed by atoms with van der Waals surface area (Å²) in [6, 6.07) is 23.0. The summed E-state index contributed by atoms with van der Waals surface area (Å²) >= 11 is 0. The zero-order valence-corrected chi connectivity index (χ0v) is 26.4. The van der Waals surface area contributed by atoms with E-state index in [4.69, 9.17) is 9.84 Å². The molecule has 2 heterocycles. The lowest BCUT2D eigenvalue weighted by Crippen LogP contribution is -2.74. The highest BCUT2D eigenvalue weighted by atomic mass is 35.5. The molecule has 5 rings (SSSR count). The molecule has 0 saturated carbocycles. The van der Waals surface area contributed by atoms with Gasteiger partial charge in [-0.25, -0.2) is 4.79 Å². The number of likely N-dealkylation sites (tertiary alicyclic amines) is 1. The van der Waals surface area contributed by atoms with Gasteiger partial charge in [0.05, 0.1) is 11.7 Å². The van der Waals surface area contributed by atoms with E-state index in [0.717, 1.165) is 24.0 Å². The van der Waals surface area contributed by atoms with Gasteiger partial charge in [-0.1, -0.05) is 55.8 Å². The summed E-state index contributed by atoms with van der Waals surface area (Å²) in [4.78, 5) is 42.6. The van der Waals surface area contributed by atoms with Crippen LogP contribution in [-0.2, 0) is 22.6 Å². The number of unbranched alkanes of at least 4 members (excludes halogenated alkanes) is 1. The van der Waals surface area contributed by atoms with E-state index in [1.807, 2.05) is 54.6 Å². The minimum atomic E-state index is -0.980. The van der Waals surface area contributed by atoms with E-state index in [2.05, 4.69) is 17.1 Å². The normalized spacial score (nSPS) is 18.6. The topological polar surface area (TPSA) is 119 Å². The number of benzene rings is 3. The van der Waals surface area contributed by atoms with Gasteiger partial charge in [0.15, 0.2) is 0 Å². The summed E-state index contributed by atoms with van der Waals surface area (Å²) in [5.74, 6) is -0.108. The average molecular weight is 636 g/mol. The van der Waals surface area contributed by atoms with Crippen molar-refractivity contribution in [3.8, 4) is 11.5 Å². The number of ether oxygens (including phenoxy) is 1. The van der Waals surface area contributed by atoms with Gasteiger partial charge in [0.1, 0.15) is 23.1 Å². The van der Waals surface area contributed by atoms with Gasteiger partial charge in [-0.05, 0) is 79.6 Å². The summed E-state index contributed by atoms with van der Waals surface area (Å²) in [6.07, 6.45) is 2.85. The highest BCUT2D eigenvalue weighted by Crippen LogP contribution is 2.35. The number of aromatic carboxylic acids is 1. The van der Waals surface area contributed by atoms with Gasteiger partial charge in [-0.15, -0.1) is 12.4 Å². The van der Waals surface area contributed by atoms with Crippen LogP contribution in [0, 0.1) is 0 Å². The molecule has 1 spiro atoms. The maximum atomic E-state index is 13.8. The van der Waals surface area contributed by atoms with Crippen LogP contribution in [0.4, 0.5) is 0 Å². The Labute approximate surface area is 270 Å². The fraction of sp³-hybridized carbons (Fsp3) is 0.400. The second-order valence-corrected chi connectivity index (χ2v) is 11.8. The molecule has 3 aromatic carbocycles. The van der Waals surface area contributed by atoms with Gasteiger partial charge in [0.25, 0.3) is 0 Å². The Morgan fingerprint density at radius 3 is 2.18 bits per heavy atom. The predicted molar refractivity (Wildman–Crippen MR) is 174 cm³/mol. The van der Waals surface area contributed by atoms with Crippen molar-refractivity contribution in [3.05, 3.63) is 95.6 Å². The molecule has 2 aliphatic heterocycles. The molecule has 3 aromatic rings. The molecule has 3 N–H and O–H groups in total. The van der Waals surface area contributed by atoms with Crippen molar-refractivity contribution in [2.24, 2.45) is 0 Å². The zero-order valence-electron chi connectivity index (χ0n) is 25.6. The van der Waals surface area contributed by atoms with Gasteiger partial charge < -0.3 is 25.2 Å². The lowest BCUT2D eigenvalue weighted by molar-refractivity contribution is -0.164. The lowest BCUT2D eigenvalue weighted by atomic mass is 9.80. The quantitative estimate of drug-likeness (QED) is 0.255. The number of amides is 2. The fourth-order valence-electron chi connectivity index (χ4n) is 6.17. The number of carbonyl (C=O) groups excluding carboxylic acids is 2. The van der Waals surface area contributed by atoms with E-state index in [0.29, 0.717) is 63.4 Å². The number of nitrogens with one attached hydrogen (secondary N) is 1. The second kappa shape index (κ2) is 15.4. The smallest absolute Gasteiger partial charge is 0.335 e. The Morgan fingerprint density at radius 1 is 0.956 bits per heavy atom. The number of nitrogens with zero attached hydrogens (tertiary/aromatic N) is 2. The van der Waals surface area contributed by atoms with Crippen LogP contribution in [0.5, 0.6) is 11.5 Å². The monoisotopic (exact) mass is 635 g/mol. The summed E-state index contributed by atoms with van der Waals surface area (Å²) in [5, 5.41) is 23.0. The molecular formula is C35H42ClN3O6. The number of hydrogen-bond acceptors (Lipinski definition) is 6. The number of aliphatic hydroxyl groups is 1. The van der Waals surface area contributed by atoms with Gasteiger partial charge in [0, 0.05) is 26.2 Å². The Balaban J connectivity index is 0.00000461. The van der Waals surface area contributed by atoms with Crippen molar-refractivity contribution in [1.82, 2.24) is 15.1 Å². The molecule has 2 atom stereocenters. The van der Waals surface area contributed by atoms with E-state index in [1.54, 1.807) is 17.0 Å². The Bertz CT molecular complexity index is 1430. The van der Waals surface area contributed by atoms with E-state index in [-0.39, 0.29) is 29.8 Å². The third-order valence-corrected chi connectivity index (χ3v) is 8.80. The molecule has 2 amide bonds. The molecule has 0 aromatic heterocycles. The van der Waals surface area contributed by atoms with Crippen LogP contribution in [0.15, 0.2) is 78.9 Å². The molecule has 2 aliphatic rings. The third kappa shape index (κ3) is 8.03. The standard InChI is InChI=1S/C35H41N3O6.ClH/c1-2-3-21-38-32(40)31(30(39)18-11-25-7-5-4-6-8-25)36-34(43)35(38)19-22-37(23-20-35)24-26-9-14-28(15-10-26)44-29-16-12-27(13-17-29)33(41)42;/h4-10,12-17,30-31,39H,2-3,11,18-24H2,1H3,(H,36,43)(H,41,42);1H/t30-,31-;/m1./s1. The summed E-state index contributed by atoms with van der Waals surface area (Å²) in [7, 11) is 0. The number of aliphatic hydroxyl groups excluding tert-OH is 1. The molecular weight excluding hydrogens is 594 g/mol. The summed E-state index contributed by atoms with van der Waals surface area (Å²) < 4.78 is 5.86. The van der Waals surface area contributed by atoms with Crippen LogP contribution in [0.2, 0.25) is 0 Å². The lowest BCUT2D eigenvalue weighted by Gasteiger charge is -2.52. The summed E-state index contributed by atoms with van der Waals surface area (Å²) in [5.41, 5.74) is 1.49. The number of carboxylic acids is 1.